The smallest absolute Gasteiger partial charge is 0.388 e. The molecule has 0 unspecified atom stereocenters. The van der Waals surface area contributed by atoms with E-state index in [4.69, 9.17) is 0 Å². The lowest BCUT2D eigenvalue weighted by Gasteiger charge is -2.32. The van der Waals surface area contributed by atoms with Crippen LogP contribution >= 0.6 is 0 Å². The summed E-state index contributed by atoms with van der Waals surface area (Å²) in [7, 11) is 0. The van der Waals surface area contributed by atoms with Gasteiger partial charge in [-0.05, 0) is 31.0 Å². The maximum absolute atomic E-state index is 13.0. The summed E-state index contributed by atoms with van der Waals surface area (Å²) >= 11 is 0. The van der Waals surface area contributed by atoms with Crippen LogP contribution < -0.4 is 10.6 Å². The lowest BCUT2D eigenvalue weighted by Crippen LogP contribution is -2.45. The second kappa shape index (κ2) is 6.74. The maximum atomic E-state index is 13.0. The fraction of sp³-hybridized carbons (Fsp3) is 0.533. The van der Waals surface area contributed by atoms with Crippen molar-refractivity contribution in [2.75, 3.05) is 11.9 Å². The van der Waals surface area contributed by atoms with E-state index in [1.807, 2.05) is 0 Å². The highest BCUT2D eigenvalue weighted by molar-refractivity contribution is 5.90. The van der Waals surface area contributed by atoms with Crippen LogP contribution in [0.2, 0.25) is 0 Å². The molecular formula is C15H18F4N2O2. The first kappa shape index (κ1) is 17.5. The lowest BCUT2D eigenvalue weighted by atomic mass is 9.85. The summed E-state index contributed by atoms with van der Waals surface area (Å²) < 4.78 is 51.5. The fourth-order valence-corrected chi connectivity index (χ4v) is 2.66. The Labute approximate surface area is 130 Å². The van der Waals surface area contributed by atoms with Crippen molar-refractivity contribution in [1.29, 1.82) is 0 Å². The van der Waals surface area contributed by atoms with E-state index < -0.39 is 34.9 Å². The molecule has 0 spiro atoms. The minimum absolute atomic E-state index is 0.0403. The van der Waals surface area contributed by atoms with Crippen LogP contribution in [0.3, 0.4) is 0 Å². The quantitative estimate of drug-likeness (QED) is 0.739. The number of hydrogen-bond acceptors (Lipinski definition) is 2. The minimum Gasteiger partial charge on any atom is -0.388 e. The van der Waals surface area contributed by atoms with Crippen molar-refractivity contribution >= 4 is 11.7 Å². The van der Waals surface area contributed by atoms with Gasteiger partial charge in [0.15, 0.2) is 0 Å². The summed E-state index contributed by atoms with van der Waals surface area (Å²) in [5.74, 6) is -1.04. The molecule has 0 bridgehead atoms. The van der Waals surface area contributed by atoms with E-state index in [1.165, 1.54) is 0 Å². The van der Waals surface area contributed by atoms with Crippen LogP contribution in [0.4, 0.5) is 28.0 Å². The Kier molecular flexibility index (Phi) is 5.13. The van der Waals surface area contributed by atoms with Crippen LogP contribution in [-0.4, -0.2) is 23.3 Å². The summed E-state index contributed by atoms with van der Waals surface area (Å²) in [6.45, 7) is -0.0403. The molecule has 0 atom stereocenters. The number of carbonyl (C=O) groups excluding carboxylic acids is 1. The monoisotopic (exact) mass is 334 g/mol. The molecular weight excluding hydrogens is 316 g/mol. The van der Waals surface area contributed by atoms with E-state index in [1.54, 1.807) is 0 Å². The molecule has 8 heteroatoms. The molecule has 2 rings (SSSR count). The third-order valence-electron chi connectivity index (χ3n) is 3.90. The molecule has 0 radical (unpaired) electrons. The molecule has 0 heterocycles. The molecule has 1 fully saturated rings. The standard InChI is InChI=1S/C15H18F4N2O2/c16-10-4-5-12(11(8-10)15(17,18)19)21-13(22)20-9-14(23)6-2-1-3-7-14/h4-5,8,23H,1-3,6-7,9H2,(H2,20,21,22). The molecule has 0 aliphatic heterocycles. The zero-order chi connectivity index (χ0) is 17.1. The molecule has 128 valence electrons. The molecule has 1 aromatic carbocycles. The Balaban J connectivity index is 2.00. The largest absolute Gasteiger partial charge is 0.418 e. The van der Waals surface area contributed by atoms with E-state index >= 15 is 0 Å². The second-order valence-corrected chi connectivity index (χ2v) is 5.78. The van der Waals surface area contributed by atoms with Crippen LogP contribution in [0.1, 0.15) is 37.7 Å². The number of rotatable bonds is 3. The number of aliphatic hydroxyl groups is 1. The first-order chi connectivity index (χ1) is 10.7. The van der Waals surface area contributed by atoms with Gasteiger partial charge in [-0.3, -0.25) is 0 Å². The van der Waals surface area contributed by atoms with Crippen LogP contribution in [0.5, 0.6) is 0 Å². The third-order valence-corrected chi connectivity index (χ3v) is 3.90. The number of urea groups is 1. The molecule has 1 aliphatic rings. The van der Waals surface area contributed by atoms with Gasteiger partial charge in [-0.25, -0.2) is 9.18 Å². The van der Waals surface area contributed by atoms with Crippen molar-refractivity contribution in [2.45, 2.75) is 43.9 Å². The SMILES string of the molecule is O=C(NCC1(O)CCCCC1)Nc1ccc(F)cc1C(F)(F)F. The van der Waals surface area contributed by atoms with E-state index in [-0.39, 0.29) is 6.54 Å². The van der Waals surface area contributed by atoms with Crippen molar-refractivity contribution in [3.05, 3.63) is 29.6 Å². The summed E-state index contributed by atoms with van der Waals surface area (Å²) in [5, 5.41) is 14.7. The Bertz CT molecular complexity index is 569. The van der Waals surface area contributed by atoms with E-state index in [9.17, 15) is 27.5 Å². The van der Waals surface area contributed by atoms with Gasteiger partial charge < -0.3 is 15.7 Å². The van der Waals surface area contributed by atoms with Gasteiger partial charge in [-0.1, -0.05) is 19.3 Å². The van der Waals surface area contributed by atoms with Crippen molar-refractivity contribution in [3.8, 4) is 0 Å². The van der Waals surface area contributed by atoms with Crippen molar-refractivity contribution in [2.24, 2.45) is 0 Å². The first-order valence-corrected chi connectivity index (χ1v) is 7.34. The summed E-state index contributed by atoms with van der Waals surface area (Å²) in [6.07, 6.45) is -1.01. The van der Waals surface area contributed by atoms with Gasteiger partial charge in [0.05, 0.1) is 16.9 Å². The first-order valence-electron chi connectivity index (χ1n) is 7.34. The highest BCUT2D eigenvalue weighted by atomic mass is 19.4. The molecule has 1 aromatic rings. The van der Waals surface area contributed by atoms with Gasteiger partial charge >= 0.3 is 12.2 Å². The summed E-state index contributed by atoms with van der Waals surface area (Å²) in [6, 6.07) is 1.14. The molecule has 2 amide bonds. The van der Waals surface area contributed by atoms with Crippen LogP contribution in [0.15, 0.2) is 18.2 Å². The number of benzene rings is 1. The van der Waals surface area contributed by atoms with Gasteiger partial charge in [-0.15, -0.1) is 0 Å². The molecule has 1 saturated carbocycles. The predicted molar refractivity (Wildman–Crippen MR) is 76.5 cm³/mol. The number of alkyl halides is 3. The Morgan fingerprint density at radius 1 is 1.22 bits per heavy atom. The number of nitrogens with one attached hydrogen (secondary N) is 2. The van der Waals surface area contributed by atoms with Crippen LogP contribution in [0.25, 0.3) is 0 Å². The summed E-state index contributed by atoms with van der Waals surface area (Å²) in [5.41, 5.74) is -2.82. The number of hydrogen-bond donors (Lipinski definition) is 3. The van der Waals surface area contributed by atoms with E-state index in [0.717, 1.165) is 31.4 Å². The Morgan fingerprint density at radius 2 is 1.87 bits per heavy atom. The molecule has 3 N–H and O–H groups in total. The van der Waals surface area contributed by atoms with Gasteiger partial charge in [0.2, 0.25) is 0 Å². The maximum Gasteiger partial charge on any atom is 0.418 e. The van der Waals surface area contributed by atoms with Crippen molar-refractivity contribution < 1.29 is 27.5 Å². The van der Waals surface area contributed by atoms with Crippen LogP contribution in [0, 0.1) is 5.82 Å². The van der Waals surface area contributed by atoms with Crippen molar-refractivity contribution in [1.82, 2.24) is 5.32 Å². The van der Waals surface area contributed by atoms with E-state index in [2.05, 4.69) is 10.6 Å². The highest BCUT2D eigenvalue weighted by Gasteiger charge is 2.35. The minimum atomic E-state index is -4.79. The number of amides is 2. The molecule has 23 heavy (non-hydrogen) atoms. The number of carbonyl (C=O) groups is 1. The van der Waals surface area contributed by atoms with Gasteiger partial charge in [0.25, 0.3) is 0 Å². The molecule has 0 aromatic heterocycles. The fourth-order valence-electron chi connectivity index (χ4n) is 2.66. The number of halogens is 4. The predicted octanol–water partition coefficient (Wildman–Crippen LogP) is 3.66. The van der Waals surface area contributed by atoms with Gasteiger partial charge in [0, 0.05) is 6.54 Å². The Hall–Kier alpha value is -1.83. The normalized spacial score (nSPS) is 17.6. The molecule has 1 aliphatic carbocycles. The van der Waals surface area contributed by atoms with Crippen LogP contribution in [-0.2, 0) is 6.18 Å². The topological polar surface area (TPSA) is 61.4 Å². The van der Waals surface area contributed by atoms with E-state index in [0.29, 0.717) is 18.9 Å². The second-order valence-electron chi connectivity index (χ2n) is 5.78. The molecule has 0 saturated heterocycles. The zero-order valence-corrected chi connectivity index (χ0v) is 12.3. The third kappa shape index (κ3) is 4.82. The highest BCUT2D eigenvalue weighted by Crippen LogP contribution is 2.35. The Morgan fingerprint density at radius 3 is 2.48 bits per heavy atom. The average Bonchev–Trinajstić information content (AvgIpc) is 2.47. The zero-order valence-electron chi connectivity index (χ0n) is 12.3. The van der Waals surface area contributed by atoms with Gasteiger partial charge in [-0.2, -0.15) is 13.2 Å². The molecule has 4 nitrogen and oxygen atoms in total. The van der Waals surface area contributed by atoms with Crippen molar-refractivity contribution in [3.63, 3.8) is 0 Å². The summed E-state index contributed by atoms with van der Waals surface area (Å²) in [4.78, 5) is 11.8. The average molecular weight is 334 g/mol. The number of anilines is 1. The van der Waals surface area contributed by atoms with Gasteiger partial charge in [0.1, 0.15) is 5.82 Å². The lowest BCUT2D eigenvalue weighted by molar-refractivity contribution is -0.137.